The van der Waals surface area contributed by atoms with Crippen molar-refractivity contribution in [2.45, 2.75) is 69.4 Å². The van der Waals surface area contributed by atoms with Crippen LogP contribution in [0.3, 0.4) is 0 Å². The second-order valence-corrected chi connectivity index (χ2v) is 9.24. The van der Waals surface area contributed by atoms with Gasteiger partial charge in [-0.25, -0.2) is 4.39 Å². The first-order chi connectivity index (χ1) is 14.5. The van der Waals surface area contributed by atoms with E-state index in [1.54, 1.807) is 12.1 Å². The highest BCUT2D eigenvalue weighted by atomic mass is 32.2. The average Bonchev–Trinajstić information content (AvgIpc) is 3.16. The van der Waals surface area contributed by atoms with E-state index in [2.05, 4.69) is 14.8 Å². The summed E-state index contributed by atoms with van der Waals surface area (Å²) in [6.45, 7) is 5.20. The number of amides is 1. The zero-order valence-corrected chi connectivity index (χ0v) is 18.4. The summed E-state index contributed by atoms with van der Waals surface area (Å²) in [5, 5.41) is 9.41. The molecule has 8 heteroatoms. The van der Waals surface area contributed by atoms with Crippen molar-refractivity contribution in [1.82, 2.24) is 19.7 Å². The molecule has 1 aromatic heterocycles. The molecule has 0 bridgehead atoms. The van der Waals surface area contributed by atoms with E-state index < -0.39 is 0 Å². The van der Waals surface area contributed by atoms with Gasteiger partial charge in [0.25, 0.3) is 0 Å². The van der Waals surface area contributed by atoms with E-state index in [9.17, 15) is 9.18 Å². The molecule has 1 aliphatic carbocycles. The fourth-order valence-corrected chi connectivity index (χ4v) is 5.38. The number of carbonyl (C=O) groups is 1. The molecule has 0 N–H and O–H groups in total. The molecule has 6 nitrogen and oxygen atoms in total. The number of ether oxygens (including phenoxy) is 1. The first-order valence-electron chi connectivity index (χ1n) is 10.8. The Morgan fingerprint density at radius 3 is 2.53 bits per heavy atom. The van der Waals surface area contributed by atoms with Crippen molar-refractivity contribution < 1.29 is 13.9 Å². The van der Waals surface area contributed by atoms with E-state index in [1.165, 1.54) is 24.2 Å². The standard InChI is InChI=1S/C22H29FN4O2S/c1-15-12-26(13-16(2)29-15)20(28)14-30-22-25-24-21(18-10-6-7-11-19(18)23)27(22)17-8-4-3-5-9-17/h6-7,10-11,15-17H,3-5,8-9,12-14H2,1-2H3/t15-,16-/m1/s1. The van der Waals surface area contributed by atoms with Crippen LogP contribution in [0, 0.1) is 5.82 Å². The summed E-state index contributed by atoms with van der Waals surface area (Å²) in [6.07, 6.45) is 5.65. The third-order valence-electron chi connectivity index (χ3n) is 5.82. The maximum absolute atomic E-state index is 14.5. The third-order valence-corrected chi connectivity index (χ3v) is 6.74. The molecular formula is C22H29FN4O2S. The van der Waals surface area contributed by atoms with Crippen LogP contribution in [0.25, 0.3) is 11.4 Å². The Bertz CT molecular complexity index is 874. The first-order valence-corrected chi connectivity index (χ1v) is 11.8. The summed E-state index contributed by atoms with van der Waals surface area (Å²) in [5.41, 5.74) is 0.463. The van der Waals surface area contributed by atoms with Gasteiger partial charge in [-0.05, 0) is 38.8 Å². The molecule has 2 heterocycles. The Hall–Kier alpha value is -1.93. The number of rotatable bonds is 5. The molecule has 1 saturated carbocycles. The Morgan fingerprint density at radius 1 is 1.13 bits per heavy atom. The quantitative estimate of drug-likeness (QED) is 0.659. The van der Waals surface area contributed by atoms with Crippen molar-refractivity contribution in [3.05, 3.63) is 30.1 Å². The molecular weight excluding hydrogens is 403 g/mol. The lowest BCUT2D eigenvalue weighted by Crippen LogP contribution is -2.48. The van der Waals surface area contributed by atoms with Gasteiger partial charge in [-0.2, -0.15) is 0 Å². The van der Waals surface area contributed by atoms with Gasteiger partial charge in [0.1, 0.15) is 5.82 Å². The number of benzene rings is 1. The van der Waals surface area contributed by atoms with E-state index >= 15 is 0 Å². The fourth-order valence-electron chi connectivity index (χ4n) is 4.47. The normalized spacial score (nSPS) is 23.0. The number of aromatic nitrogens is 3. The van der Waals surface area contributed by atoms with Crippen LogP contribution in [0.4, 0.5) is 4.39 Å². The van der Waals surface area contributed by atoms with Gasteiger partial charge in [-0.1, -0.05) is 43.2 Å². The van der Waals surface area contributed by atoms with Crippen LogP contribution in [-0.4, -0.2) is 56.6 Å². The van der Waals surface area contributed by atoms with Crippen LogP contribution in [0.1, 0.15) is 52.0 Å². The van der Waals surface area contributed by atoms with E-state index in [0.29, 0.717) is 35.4 Å². The molecule has 1 amide bonds. The minimum atomic E-state index is -0.300. The zero-order valence-electron chi connectivity index (χ0n) is 17.6. The number of carbonyl (C=O) groups excluding carboxylic acids is 1. The lowest BCUT2D eigenvalue weighted by Gasteiger charge is -2.35. The largest absolute Gasteiger partial charge is 0.372 e. The molecule has 1 saturated heterocycles. The lowest BCUT2D eigenvalue weighted by molar-refractivity contribution is -0.140. The van der Waals surface area contributed by atoms with Crippen molar-refractivity contribution in [3.8, 4) is 11.4 Å². The molecule has 2 fully saturated rings. The first kappa shape index (κ1) is 21.3. The highest BCUT2D eigenvalue weighted by Crippen LogP contribution is 2.36. The van der Waals surface area contributed by atoms with Crippen molar-refractivity contribution in [3.63, 3.8) is 0 Å². The molecule has 2 aliphatic rings. The molecule has 2 atom stereocenters. The second-order valence-electron chi connectivity index (χ2n) is 8.29. The summed E-state index contributed by atoms with van der Waals surface area (Å²) in [6, 6.07) is 6.93. The number of nitrogens with zero attached hydrogens (tertiary/aromatic N) is 4. The SMILES string of the molecule is C[C@@H]1CN(C(=O)CSc2nnc(-c3ccccc3F)n2C2CCCCC2)C[C@@H](C)O1. The van der Waals surface area contributed by atoms with Gasteiger partial charge in [0.15, 0.2) is 11.0 Å². The van der Waals surface area contributed by atoms with Gasteiger partial charge in [0, 0.05) is 19.1 Å². The average molecular weight is 433 g/mol. The second kappa shape index (κ2) is 9.47. The number of hydrogen-bond donors (Lipinski definition) is 0. The van der Waals surface area contributed by atoms with E-state index in [0.717, 1.165) is 25.7 Å². The minimum absolute atomic E-state index is 0.0428. The predicted octanol–water partition coefficient (Wildman–Crippen LogP) is 4.32. The number of hydrogen-bond acceptors (Lipinski definition) is 5. The van der Waals surface area contributed by atoms with Gasteiger partial charge in [-0.15, -0.1) is 10.2 Å². The number of halogens is 1. The molecule has 4 rings (SSSR count). The van der Waals surface area contributed by atoms with Crippen molar-refractivity contribution >= 4 is 17.7 Å². The van der Waals surface area contributed by atoms with Gasteiger partial charge in [0.2, 0.25) is 5.91 Å². The Morgan fingerprint density at radius 2 is 1.83 bits per heavy atom. The fraction of sp³-hybridized carbons (Fsp3) is 0.591. The highest BCUT2D eigenvalue weighted by Gasteiger charge is 2.28. The molecule has 1 aromatic carbocycles. The van der Waals surface area contributed by atoms with Crippen LogP contribution in [0.5, 0.6) is 0 Å². The molecule has 1 aliphatic heterocycles. The zero-order chi connectivity index (χ0) is 21.1. The Balaban J connectivity index is 1.55. The summed E-state index contributed by atoms with van der Waals surface area (Å²) in [4.78, 5) is 14.7. The van der Waals surface area contributed by atoms with Gasteiger partial charge >= 0.3 is 0 Å². The number of thioether (sulfide) groups is 1. The van der Waals surface area contributed by atoms with Crippen molar-refractivity contribution in [2.75, 3.05) is 18.8 Å². The van der Waals surface area contributed by atoms with Gasteiger partial charge in [-0.3, -0.25) is 9.36 Å². The molecule has 0 radical (unpaired) electrons. The van der Waals surface area contributed by atoms with E-state index in [1.807, 2.05) is 24.8 Å². The summed E-state index contributed by atoms with van der Waals surface area (Å²) >= 11 is 1.40. The molecule has 2 aromatic rings. The maximum atomic E-state index is 14.5. The Kier molecular flexibility index (Phi) is 6.73. The summed E-state index contributed by atoms with van der Waals surface area (Å²) in [7, 11) is 0. The van der Waals surface area contributed by atoms with E-state index in [-0.39, 0.29) is 30.0 Å². The molecule has 162 valence electrons. The summed E-state index contributed by atoms with van der Waals surface area (Å²) in [5.74, 6) is 0.628. The molecule has 0 spiro atoms. The van der Waals surface area contributed by atoms with Crippen LogP contribution < -0.4 is 0 Å². The number of morpholine rings is 1. The molecule has 30 heavy (non-hydrogen) atoms. The minimum Gasteiger partial charge on any atom is -0.372 e. The van der Waals surface area contributed by atoms with Crippen LogP contribution in [0.15, 0.2) is 29.4 Å². The van der Waals surface area contributed by atoms with Crippen LogP contribution >= 0.6 is 11.8 Å². The maximum Gasteiger partial charge on any atom is 0.233 e. The summed E-state index contributed by atoms with van der Waals surface area (Å²) < 4.78 is 22.3. The van der Waals surface area contributed by atoms with Crippen molar-refractivity contribution in [1.29, 1.82) is 0 Å². The van der Waals surface area contributed by atoms with Crippen LogP contribution in [-0.2, 0) is 9.53 Å². The highest BCUT2D eigenvalue weighted by molar-refractivity contribution is 7.99. The van der Waals surface area contributed by atoms with Gasteiger partial charge in [0.05, 0.1) is 23.5 Å². The predicted molar refractivity (Wildman–Crippen MR) is 115 cm³/mol. The molecule has 0 unspecified atom stereocenters. The third kappa shape index (κ3) is 4.70. The lowest BCUT2D eigenvalue weighted by atomic mass is 9.95. The topological polar surface area (TPSA) is 60.2 Å². The van der Waals surface area contributed by atoms with E-state index in [4.69, 9.17) is 4.74 Å². The van der Waals surface area contributed by atoms with Gasteiger partial charge < -0.3 is 9.64 Å². The van der Waals surface area contributed by atoms with Crippen molar-refractivity contribution in [2.24, 2.45) is 0 Å². The smallest absolute Gasteiger partial charge is 0.233 e. The Labute approximate surface area is 181 Å². The monoisotopic (exact) mass is 432 g/mol. The van der Waals surface area contributed by atoms with Crippen LogP contribution in [0.2, 0.25) is 0 Å².